The second-order valence-electron chi connectivity index (χ2n) is 8.71. The maximum absolute atomic E-state index is 12.1. The topological polar surface area (TPSA) is 17.1 Å². The van der Waals surface area contributed by atoms with Gasteiger partial charge < -0.3 is 0 Å². The third-order valence-electron chi connectivity index (χ3n) is 8.07. The highest BCUT2D eigenvalue weighted by molar-refractivity contribution is 5.79. The third kappa shape index (κ3) is 1.85. The molecule has 0 bridgehead atoms. The van der Waals surface area contributed by atoms with E-state index in [9.17, 15) is 4.79 Å². The average molecular weight is 286 g/mol. The minimum Gasteiger partial charge on any atom is -0.300 e. The van der Waals surface area contributed by atoms with Crippen molar-refractivity contribution >= 4 is 5.78 Å². The number of carbonyl (C=O) groups is 1. The van der Waals surface area contributed by atoms with E-state index in [-0.39, 0.29) is 0 Å². The van der Waals surface area contributed by atoms with Crippen molar-refractivity contribution in [1.29, 1.82) is 0 Å². The van der Waals surface area contributed by atoms with Gasteiger partial charge >= 0.3 is 0 Å². The first-order valence-electron chi connectivity index (χ1n) is 9.21. The van der Waals surface area contributed by atoms with Crippen molar-refractivity contribution in [3.05, 3.63) is 11.1 Å². The Balaban J connectivity index is 1.63. The molecule has 1 unspecified atom stereocenters. The zero-order valence-corrected chi connectivity index (χ0v) is 14.0. The molecule has 0 N–H and O–H groups in total. The molecule has 4 aliphatic rings. The first-order valence-corrected chi connectivity index (χ1v) is 9.21. The molecule has 3 fully saturated rings. The lowest BCUT2D eigenvalue weighted by Crippen LogP contribution is -2.46. The van der Waals surface area contributed by atoms with Crippen molar-refractivity contribution in [2.45, 2.75) is 72.1 Å². The van der Waals surface area contributed by atoms with Crippen LogP contribution < -0.4 is 0 Å². The molecule has 4 rings (SSSR count). The molecular weight excluding hydrogens is 256 g/mol. The van der Waals surface area contributed by atoms with Gasteiger partial charge in [-0.25, -0.2) is 0 Å². The highest BCUT2D eigenvalue weighted by atomic mass is 16.1. The van der Waals surface area contributed by atoms with Crippen LogP contribution in [0.25, 0.3) is 0 Å². The van der Waals surface area contributed by atoms with Crippen LogP contribution in [0.15, 0.2) is 11.1 Å². The summed E-state index contributed by atoms with van der Waals surface area (Å²) in [5.74, 6) is 4.47. The van der Waals surface area contributed by atoms with Crippen LogP contribution >= 0.6 is 0 Å². The third-order valence-corrected chi connectivity index (χ3v) is 8.07. The zero-order chi connectivity index (χ0) is 14.8. The van der Waals surface area contributed by atoms with E-state index in [4.69, 9.17) is 0 Å². The van der Waals surface area contributed by atoms with E-state index in [0.29, 0.717) is 17.1 Å². The predicted molar refractivity (Wildman–Crippen MR) is 85.9 cm³/mol. The molecule has 116 valence electrons. The largest absolute Gasteiger partial charge is 0.300 e. The Morgan fingerprint density at radius 3 is 2.62 bits per heavy atom. The fourth-order valence-corrected chi connectivity index (χ4v) is 7.12. The van der Waals surface area contributed by atoms with Crippen LogP contribution in [0.4, 0.5) is 0 Å². The highest BCUT2D eigenvalue weighted by Gasteiger charge is 2.57. The average Bonchev–Trinajstić information content (AvgIpc) is 2.99. The monoisotopic (exact) mass is 286 g/mol. The van der Waals surface area contributed by atoms with E-state index >= 15 is 0 Å². The standard InChI is InChI=1S/C20H30O/c1-12-4-5-15-14(12)6-7-17-16(15)10-11-20(3)18(13(2)21)8-9-19(17)20/h15-19H,4-11H2,1-3H3/t15?,16-,17-,18-,19+,20-/m0/s1. The van der Waals surface area contributed by atoms with Crippen LogP contribution in [0.1, 0.15) is 72.1 Å². The van der Waals surface area contributed by atoms with E-state index in [2.05, 4.69) is 13.8 Å². The number of allylic oxidation sites excluding steroid dienone is 2. The van der Waals surface area contributed by atoms with Crippen LogP contribution in [0, 0.1) is 35.0 Å². The second-order valence-corrected chi connectivity index (χ2v) is 8.71. The summed E-state index contributed by atoms with van der Waals surface area (Å²) in [6.07, 6.45) is 10.8. The first kappa shape index (κ1) is 14.0. The Kier molecular flexibility index (Phi) is 3.14. The summed E-state index contributed by atoms with van der Waals surface area (Å²) >= 11 is 0. The molecule has 21 heavy (non-hydrogen) atoms. The number of hydrogen-bond acceptors (Lipinski definition) is 1. The number of fused-ring (bicyclic) bond motifs is 5. The molecule has 6 atom stereocenters. The van der Waals surface area contributed by atoms with Gasteiger partial charge in [-0.1, -0.05) is 18.1 Å². The lowest BCUT2D eigenvalue weighted by Gasteiger charge is -2.52. The Bertz CT molecular complexity index is 502. The molecule has 3 saturated carbocycles. The SMILES string of the molecule is CC(=O)[C@@H]1CC[C@@H]2[C@H]3CCC4=C(C)CCC4[C@@H]3CC[C@]21C. The molecule has 0 aliphatic heterocycles. The summed E-state index contributed by atoms with van der Waals surface area (Å²) in [6, 6.07) is 0. The van der Waals surface area contributed by atoms with Crippen molar-refractivity contribution in [2.24, 2.45) is 35.0 Å². The van der Waals surface area contributed by atoms with Gasteiger partial charge in [-0.2, -0.15) is 0 Å². The summed E-state index contributed by atoms with van der Waals surface area (Å²) in [4.78, 5) is 12.1. The molecule has 4 aliphatic carbocycles. The fraction of sp³-hybridized carbons (Fsp3) is 0.850. The van der Waals surface area contributed by atoms with Gasteiger partial charge in [0.05, 0.1) is 0 Å². The number of ketones is 1. The normalized spacial score (nSPS) is 48.8. The molecule has 0 spiro atoms. The molecule has 0 aromatic heterocycles. The molecule has 0 amide bonds. The summed E-state index contributed by atoms with van der Waals surface area (Å²) in [7, 11) is 0. The molecule has 1 nitrogen and oxygen atoms in total. The fourth-order valence-electron chi connectivity index (χ4n) is 7.12. The van der Waals surface area contributed by atoms with Gasteiger partial charge in [0.1, 0.15) is 5.78 Å². The van der Waals surface area contributed by atoms with Crippen molar-refractivity contribution in [3.8, 4) is 0 Å². The smallest absolute Gasteiger partial charge is 0.133 e. The van der Waals surface area contributed by atoms with Gasteiger partial charge in [-0.05, 0) is 94.3 Å². The Morgan fingerprint density at radius 1 is 1.05 bits per heavy atom. The molecular formula is C20H30O. The van der Waals surface area contributed by atoms with E-state index in [1.165, 1.54) is 51.4 Å². The quantitative estimate of drug-likeness (QED) is 0.609. The van der Waals surface area contributed by atoms with Crippen LogP contribution in [0.5, 0.6) is 0 Å². The Labute approximate surface area is 129 Å². The number of rotatable bonds is 1. The first-order chi connectivity index (χ1) is 10.0. The van der Waals surface area contributed by atoms with Gasteiger partial charge in [0, 0.05) is 5.92 Å². The van der Waals surface area contributed by atoms with Gasteiger partial charge in [0.25, 0.3) is 0 Å². The van der Waals surface area contributed by atoms with E-state index < -0.39 is 0 Å². The summed E-state index contributed by atoms with van der Waals surface area (Å²) in [5, 5.41) is 0. The van der Waals surface area contributed by atoms with Crippen LogP contribution in [0.2, 0.25) is 0 Å². The Hall–Kier alpha value is -0.590. The molecule has 1 heteroatoms. The molecule has 0 heterocycles. The van der Waals surface area contributed by atoms with Crippen molar-refractivity contribution in [2.75, 3.05) is 0 Å². The Morgan fingerprint density at radius 2 is 1.86 bits per heavy atom. The molecule has 0 radical (unpaired) electrons. The zero-order valence-electron chi connectivity index (χ0n) is 14.0. The number of carbonyl (C=O) groups excluding carboxylic acids is 1. The van der Waals surface area contributed by atoms with E-state index in [1.54, 1.807) is 5.57 Å². The van der Waals surface area contributed by atoms with Gasteiger partial charge in [0.15, 0.2) is 0 Å². The van der Waals surface area contributed by atoms with Crippen LogP contribution in [-0.4, -0.2) is 5.78 Å². The number of hydrogen-bond donors (Lipinski definition) is 0. The summed E-state index contributed by atoms with van der Waals surface area (Å²) in [6.45, 7) is 6.68. The van der Waals surface area contributed by atoms with E-state index in [0.717, 1.165) is 23.7 Å². The molecule has 0 saturated heterocycles. The predicted octanol–water partition coefficient (Wildman–Crippen LogP) is 5.15. The summed E-state index contributed by atoms with van der Waals surface area (Å²) in [5.41, 5.74) is 3.91. The second kappa shape index (κ2) is 4.70. The highest BCUT2D eigenvalue weighted by Crippen LogP contribution is 2.64. The van der Waals surface area contributed by atoms with Crippen LogP contribution in [-0.2, 0) is 4.79 Å². The van der Waals surface area contributed by atoms with Gasteiger partial charge in [0.2, 0.25) is 0 Å². The molecule has 0 aromatic rings. The number of Topliss-reactive ketones (excluding diaryl/α,β-unsaturated/α-hetero) is 1. The van der Waals surface area contributed by atoms with Crippen molar-refractivity contribution < 1.29 is 4.79 Å². The minimum absolute atomic E-state index is 0.335. The lowest BCUT2D eigenvalue weighted by atomic mass is 9.52. The van der Waals surface area contributed by atoms with Crippen LogP contribution in [0.3, 0.4) is 0 Å². The van der Waals surface area contributed by atoms with E-state index in [1.807, 2.05) is 12.5 Å². The maximum Gasteiger partial charge on any atom is 0.133 e. The van der Waals surface area contributed by atoms with Crippen molar-refractivity contribution in [1.82, 2.24) is 0 Å². The summed E-state index contributed by atoms with van der Waals surface area (Å²) < 4.78 is 0. The molecule has 0 aromatic carbocycles. The maximum atomic E-state index is 12.1. The van der Waals surface area contributed by atoms with Gasteiger partial charge in [-0.15, -0.1) is 0 Å². The van der Waals surface area contributed by atoms with Crippen molar-refractivity contribution in [3.63, 3.8) is 0 Å². The lowest BCUT2D eigenvalue weighted by molar-refractivity contribution is -0.126. The minimum atomic E-state index is 0.335. The van der Waals surface area contributed by atoms with Gasteiger partial charge in [-0.3, -0.25) is 4.79 Å².